The molecule has 104 valence electrons. The molecule has 1 fully saturated rings. The maximum absolute atomic E-state index is 5.28. The van der Waals surface area contributed by atoms with E-state index in [1.54, 1.807) is 7.11 Å². The van der Waals surface area contributed by atoms with E-state index in [0.717, 1.165) is 5.75 Å². The molecule has 3 rings (SSSR count). The molecule has 2 aromatic rings. The number of hydrogen-bond acceptors (Lipinski definition) is 2. The Bertz CT molecular complexity index is 639. The van der Waals surface area contributed by atoms with Crippen molar-refractivity contribution in [1.29, 1.82) is 0 Å². The summed E-state index contributed by atoms with van der Waals surface area (Å²) in [7, 11) is 1.71. The van der Waals surface area contributed by atoms with Gasteiger partial charge in [-0.15, -0.1) is 0 Å². The number of allylic oxidation sites excluding steroid dienone is 1. The quantitative estimate of drug-likeness (QED) is 0.822. The molecule has 1 saturated heterocycles. The minimum absolute atomic E-state index is 0.913. The number of fused-ring (bicyclic) bond motifs is 1. The van der Waals surface area contributed by atoms with E-state index in [1.807, 2.05) is 6.07 Å². The summed E-state index contributed by atoms with van der Waals surface area (Å²) in [5.74, 6) is 0.913. The molecule has 0 unspecified atom stereocenters. The molecule has 0 bridgehead atoms. The van der Waals surface area contributed by atoms with Crippen LogP contribution in [0.25, 0.3) is 16.5 Å². The van der Waals surface area contributed by atoms with E-state index < -0.39 is 0 Å². The van der Waals surface area contributed by atoms with Crippen LogP contribution in [-0.4, -0.2) is 25.1 Å². The van der Waals surface area contributed by atoms with Crippen molar-refractivity contribution in [2.75, 3.05) is 20.2 Å². The number of hydrogen-bond donors (Lipinski definition) is 0. The second kappa shape index (κ2) is 5.58. The Balaban J connectivity index is 1.99. The van der Waals surface area contributed by atoms with E-state index in [-0.39, 0.29) is 0 Å². The van der Waals surface area contributed by atoms with Crippen LogP contribution < -0.4 is 4.74 Å². The third-order valence-electron chi connectivity index (χ3n) is 4.06. The molecule has 0 saturated carbocycles. The van der Waals surface area contributed by atoms with Gasteiger partial charge in [-0.05, 0) is 54.3 Å². The lowest BCUT2D eigenvalue weighted by atomic mass is 10.0. The van der Waals surface area contributed by atoms with Gasteiger partial charge >= 0.3 is 0 Å². The highest BCUT2D eigenvalue weighted by atomic mass is 16.5. The van der Waals surface area contributed by atoms with Crippen LogP contribution in [0.3, 0.4) is 0 Å². The van der Waals surface area contributed by atoms with Crippen LogP contribution in [0.1, 0.15) is 25.3 Å². The second-order valence-electron chi connectivity index (χ2n) is 5.30. The Morgan fingerprint density at radius 2 is 1.75 bits per heavy atom. The Labute approximate surface area is 120 Å². The predicted octanol–water partition coefficient (Wildman–Crippen LogP) is 4.31. The fraction of sp³-hybridized carbons (Fsp3) is 0.333. The van der Waals surface area contributed by atoms with Gasteiger partial charge in [-0.3, -0.25) is 0 Å². The van der Waals surface area contributed by atoms with E-state index in [1.165, 1.54) is 48.0 Å². The van der Waals surface area contributed by atoms with Crippen LogP contribution in [0.5, 0.6) is 5.75 Å². The average Bonchev–Trinajstić information content (AvgIpc) is 3.01. The Hall–Kier alpha value is -1.96. The van der Waals surface area contributed by atoms with Crippen molar-refractivity contribution in [2.24, 2.45) is 0 Å². The number of ether oxygens (including phenoxy) is 1. The van der Waals surface area contributed by atoms with Crippen molar-refractivity contribution < 1.29 is 4.74 Å². The first-order chi connectivity index (χ1) is 9.81. The monoisotopic (exact) mass is 267 g/mol. The molecular formula is C18H21NO. The molecule has 2 heteroatoms. The van der Waals surface area contributed by atoms with Gasteiger partial charge in [-0.1, -0.05) is 24.3 Å². The molecule has 0 spiro atoms. The Kier molecular flexibility index (Phi) is 3.64. The number of methoxy groups -OCH3 is 1. The molecular weight excluding hydrogens is 246 g/mol. The first-order valence-electron chi connectivity index (χ1n) is 7.31. The minimum Gasteiger partial charge on any atom is -0.497 e. The summed E-state index contributed by atoms with van der Waals surface area (Å²) >= 11 is 0. The molecule has 0 radical (unpaired) electrons. The van der Waals surface area contributed by atoms with E-state index in [9.17, 15) is 0 Å². The molecule has 20 heavy (non-hydrogen) atoms. The number of nitrogens with zero attached hydrogens (tertiary/aromatic N) is 1. The van der Waals surface area contributed by atoms with Gasteiger partial charge in [0.15, 0.2) is 0 Å². The van der Waals surface area contributed by atoms with Crippen LogP contribution in [0, 0.1) is 0 Å². The molecule has 1 aliphatic heterocycles. The summed E-state index contributed by atoms with van der Waals surface area (Å²) in [6, 6.07) is 12.9. The normalized spacial score (nSPS) is 15.9. The fourth-order valence-electron chi connectivity index (χ4n) is 3.00. The van der Waals surface area contributed by atoms with Crippen molar-refractivity contribution in [1.82, 2.24) is 4.90 Å². The highest BCUT2D eigenvalue weighted by Crippen LogP contribution is 2.28. The van der Waals surface area contributed by atoms with Gasteiger partial charge in [0.05, 0.1) is 7.11 Å². The lowest BCUT2D eigenvalue weighted by Gasteiger charge is -2.22. The highest BCUT2D eigenvalue weighted by Gasteiger charge is 2.15. The largest absolute Gasteiger partial charge is 0.497 e. The topological polar surface area (TPSA) is 12.5 Å². The van der Waals surface area contributed by atoms with Crippen LogP contribution in [-0.2, 0) is 0 Å². The Morgan fingerprint density at radius 1 is 1.05 bits per heavy atom. The summed E-state index contributed by atoms with van der Waals surface area (Å²) in [4.78, 5) is 2.49. The number of benzene rings is 2. The van der Waals surface area contributed by atoms with Crippen LogP contribution in [0.15, 0.2) is 42.5 Å². The minimum atomic E-state index is 0.913. The fourth-order valence-corrected chi connectivity index (χ4v) is 3.00. The molecule has 0 amide bonds. The van der Waals surface area contributed by atoms with Gasteiger partial charge < -0.3 is 9.64 Å². The van der Waals surface area contributed by atoms with Crippen molar-refractivity contribution in [3.63, 3.8) is 0 Å². The maximum atomic E-state index is 5.28. The highest BCUT2D eigenvalue weighted by molar-refractivity contribution is 5.87. The van der Waals surface area contributed by atoms with Crippen LogP contribution in [0.4, 0.5) is 0 Å². The van der Waals surface area contributed by atoms with Crippen LogP contribution in [0.2, 0.25) is 0 Å². The molecule has 0 atom stereocenters. The molecule has 2 aromatic carbocycles. The molecule has 1 aliphatic rings. The van der Waals surface area contributed by atoms with Gasteiger partial charge in [0.2, 0.25) is 0 Å². The summed E-state index contributed by atoms with van der Waals surface area (Å²) in [6.45, 7) is 4.49. The summed E-state index contributed by atoms with van der Waals surface area (Å²) in [6.07, 6.45) is 4.85. The average molecular weight is 267 g/mol. The SMILES string of the molecule is CC=C(c1ccc2cc(OC)ccc2c1)N1CCCC1. The van der Waals surface area contributed by atoms with Crippen molar-refractivity contribution in [3.8, 4) is 5.75 Å². The summed E-state index contributed by atoms with van der Waals surface area (Å²) in [5, 5.41) is 2.49. The lowest BCUT2D eigenvalue weighted by molar-refractivity contribution is 0.415. The van der Waals surface area contributed by atoms with Crippen LogP contribution >= 0.6 is 0 Å². The van der Waals surface area contributed by atoms with Gasteiger partial charge in [0.25, 0.3) is 0 Å². The summed E-state index contributed by atoms with van der Waals surface area (Å²) in [5.41, 5.74) is 2.67. The molecule has 0 aromatic heterocycles. The smallest absolute Gasteiger partial charge is 0.119 e. The van der Waals surface area contributed by atoms with Crippen molar-refractivity contribution in [2.45, 2.75) is 19.8 Å². The van der Waals surface area contributed by atoms with Crippen molar-refractivity contribution >= 4 is 16.5 Å². The lowest BCUT2D eigenvalue weighted by Crippen LogP contribution is -2.17. The number of likely N-dealkylation sites (tertiary alicyclic amines) is 1. The van der Waals surface area contributed by atoms with Gasteiger partial charge in [-0.25, -0.2) is 0 Å². The second-order valence-corrected chi connectivity index (χ2v) is 5.30. The van der Waals surface area contributed by atoms with E-state index >= 15 is 0 Å². The molecule has 0 N–H and O–H groups in total. The maximum Gasteiger partial charge on any atom is 0.119 e. The van der Waals surface area contributed by atoms with Crippen molar-refractivity contribution in [3.05, 3.63) is 48.0 Å². The predicted molar refractivity (Wildman–Crippen MR) is 85.0 cm³/mol. The van der Waals surface area contributed by atoms with E-state index in [4.69, 9.17) is 4.74 Å². The zero-order valence-corrected chi connectivity index (χ0v) is 12.2. The standard InChI is InChI=1S/C18H21NO/c1-3-18(19-10-4-5-11-19)16-7-6-15-13-17(20-2)9-8-14(15)12-16/h3,6-9,12-13H,4-5,10-11H2,1-2H3. The Morgan fingerprint density at radius 3 is 2.45 bits per heavy atom. The first-order valence-corrected chi connectivity index (χ1v) is 7.31. The van der Waals surface area contributed by atoms with E-state index in [0.29, 0.717) is 0 Å². The number of rotatable bonds is 3. The van der Waals surface area contributed by atoms with Gasteiger partial charge in [0.1, 0.15) is 5.75 Å². The molecule has 2 nitrogen and oxygen atoms in total. The zero-order valence-electron chi connectivity index (χ0n) is 12.2. The summed E-state index contributed by atoms with van der Waals surface area (Å²) < 4.78 is 5.28. The first kappa shape index (κ1) is 13.0. The van der Waals surface area contributed by atoms with Gasteiger partial charge in [0, 0.05) is 18.8 Å². The third-order valence-corrected chi connectivity index (χ3v) is 4.06. The molecule has 0 aliphatic carbocycles. The molecule has 1 heterocycles. The van der Waals surface area contributed by atoms with E-state index in [2.05, 4.69) is 48.2 Å². The third kappa shape index (κ3) is 2.38. The van der Waals surface area contributed by atoms with Gasteiger partial charge in [-0.2, -0.15) is 0 Å². The zero-order chi connectivity index (χ0) is 13.9.